The van der Waals surface area contributed by atoms with Gasteiger partial charge in [-0.05, 0) is 52.8 Å². The van der Waals surface area contributed by atoms with Crippen LogP contribution in [0.5, 0.6) is 0 Å². The second-order valence-corrected chi connectivity index (χ2v) is 7.97. The molecule has 0 spiro atoms. The summed E-state index contributed by atoms with van der Waals surface area (Å²) in [5, 5.41) is 12.4. The molecule has 0 bridgehead atoms. The van der Waals surface area contributed by atoms with E-state index in [1.165, 1.54) is 22.3 Å². The third kappa shape index (κ3) is 3.19. The van der Waals surface area contributed by atoms with E-state index in [1.54, 1.807) is 0 Å². The van der Waals surface area contributed by atoms with Gasteiger partial charge in [0, 0.05) is 17.0 Å². The highest BCUT2D eigenvalue weighted by Crippen LogP contribution is 2.48. The molecule has 3 aromatic carbocycles. The molecule has 0 saturated heterocycles. The van der Waals surface area contributed by atoms with Crippen molar-refractivity contribution in [3.63, 3.8) is 0 Å². The fourth-order valence-electron chi connectivity index (χ4n) is 4.35. The molecule has 1 amide bonds. The van der Waals surface area contributed by atoms with E-state index in [4.69, 9.17) is 4.74 Å². The highest BCUT2D eigenvalue weighted by atomic mass is 16.5. The molecular weight excluding hydrogens is 362 g/mol. The zero-order valence-electron chi connectivity index (χ0n) is 16.1. The number of hydrogen-bond acceptors (Lipinski definition) is 3. The lowest BCUT2D eigenvalue weighted by molar-refractivity contribution is 0.158. The molecule has 2 aliphatic rings. The van der Waals surface area contributed by atoms with Gasteiger partial charge in [0.1, 0.15) is 6.61 Å². The molecule has 1 fully saturated rings. The Morgan fingerprint density at radius 2 is 1.52 bits per heavy atom. The van der Waals surface area contributed by atoms with Crippen molar-refractivity contribution < 1.29 is 14.6 Å². The van der Waals surface area contributed by atoms with Gasteiger partial charge in [-0.15, -0.1) is 0 Å². The molecule has 4 nitrogen and oxygen atoms in total. The van der Waals surface area contributed by atoms with Crippen molar-refractivity contribution in [2.24, 2.45) is 0 Å². The number of carbonyl (C=O) groups excluding carboxylic acids is 1. The Morgan fingerprint density at radius 3 is 2.07 bits per heavy atom. The summed E-state index contributed by atoms with van der Waals surface area (Å²) in [6.45, 7) is 0.470. The molecule has 0 atom stereocenters. The number of aliphatic hydroxyl groups excluding tert-OH is 1. The molecule has 0 radical (unpaired) electrons. The molecule has 146 valence electrons. The maximum atomic E-state index is 12.4. The minimum Gasteiger partial charge on any atom is -0.448 e. The molecule has 0 unspecified atom stereocenters. The predicted octanol–water partition coefficient (Wildman–Crippen LogP) is 5.07. The van der Waals surface area contributed by atoms with Gasteiger partial charge in [-0.25, -0.2) is 4.79 Å². The van der Waals surface area contributed by atoms with Crippen LogP contribution in [0.1, 0.15) is 35.4 Å². The summed E-state index contributed by atoms with van der Waals surface area (Å²) < 4.78 is 5.58. The number of aliphatic hydroxyl groups is 1. The van der Waals surface area contributed by atoms with Crippen molar-refractivity contribution in [2.45, 2.75) is 24.2 Å². The number of fused-ring (bicyclic) bond motifs is 3. The van der Waals surface area contributed by atoms with E-state index in [-0.39, 0.29) is 17.9 Å². The van der Waals surface area contributed by atoms with Crippen molar-refractivity contribution in [2.75, 3.05) is 18.5 Å². The number of rotatable bonds is 5. The van der Waals surface area contributed by atoms with Crippen LogP contribution < -0.4 is 5.32 Å². The highest BCUT2D eigenvalue weighted by molar-refractivity contribution is 5.85. The van der Waals surface area contributed by atoms with Gasteiger partial charge in [0.15, 0.2) is 0 Å². The van der Waals surface area contributed by atoms with Crippen LogP contribution in [-0.4, -0.2) is 24.4 Å². The van der Waals surface area contributed by atoms with Crippen LogP contribution in [0.15, 0.2) is 72.8 Å². The number of amides is 1. The van der Waals surface area contributed by atoms with Crippen LogP contribution in [0, 0.1) is 0 Å². The SMILES string of the molecule is O=C(Nc1ccc(C2(CO)CC2)cc1)OCC1c2ccccc2-c2ccccc21. The molecule has 5 rings (SSSR count). The van der Waals surface area contributed by atoms with E-state index >= 15 is 0 Å². The summed E-state index contributed by atoms with van der Waals surface area (Å²) in [7, 11) is 0. The lowest BCUT2D eigenvalue weighted by Crippen LogP contribution is -2.18. The van der Waals surface area contributed by atoms with Crippen LogP contribution in [0.4, 0.5) is 10.5 Å². The summed E-state index contributed by atoms with van der Waals surface area (Å²) in [6, 6.07) is 24.3. The van der Waals surface area contributed by atoms with Gasteiger partial charge in [-0.1, -0.05) is 60.7 Å². The van der Waals surface area contributed by atoms with Crippen molar-refractivity contribution in [1.82, 2.24) is 0 Å². The summed E-state index contributed by atoms with van der Waals surface area (Å²) in [5.41, 5.74) is 6.57. The van der Waals surface area contributed by atoms with Crippen LogP contribution in [0.25, 0.3) is 11.1 Å². The summed E-state index contributed by atoms with van der Waals surface area (Å²) in [6.07, 6.45) is 1.58. The Labute approximate surface area is 170 Å². The van der Waals surface area contributed by atoms with Crippen molar-refractivity contribution in [1.29, 1.82) is 0 Å². The second-order valence-electron chi connectivity index (χ2n) is 7.97. The summed E-state index contributed by atoms with van der Waals surface area (Å²) in [4.78, 5) is 12.4. The molecule has 29 heavy (non-hydrogen) atoms. The number of hydrogen-bond donors (Lipinski definition) is 2. The second kappa shape index (κ2) is 7.05. The first-order chi connectivity index (χ1) is 14.2. The van der Waals surface area contributed by atoms with Crippen LogP contribution in [0.2, 0.25) is 0 Å². The van der Waals surface area contributed by atoms with Gasteiger partial charge in [0.2, 0.25) is 0 Å². The predicted molar refractivity (Wildman–Crippen MR) is 113 cm³/mol. The number of ether oxygens (including phenoxy) is 1. The van der Waals surface area contributed by atoms with E-state index in [9.17, 15) is 9.90 Å². The van der Waals surface area contributed by atoms with Crippen LogP contribution in [-0.2, 0) is 10.2 Å². The normalized spacial score (nSPS) is 16.0. The molecule has 1 saturated carbocycles. The zero-order valence-corrected chi connectivity index (χ0v) is 16.1. The molecule has 0 aliphatic heterocycles. The molecule has 4 heteroatoms. The molecule has 3 aromatic rings. The van der Waals surface area contributed by atoms with Gasteiger partial charge in [0.05, 0.1) is 6.61 Å². The minimum atomic E-state index is -0.456. The van der Waals surface area contributed by atoms with Crippen molar-refractivity contribution >= 4 is 11.8 Å². The Bertz CT molecular complexity index is 1010. The Morgan fingerprint density at radius 1 is 0.931 bits per heavy atom. The molecule has 0 aromatic heterocycles. The molecule has 2 aliphatic carbocycles. The first-order valence-corrected chi connectivity index (χ1v) is 10.0. The lowest BCUT2D eigenvalue weighted by Gasteiger charge is -2.15. The average Bonchev–Trinajstić information content (AvgIpc) is 3.50. The number of carbonyl (C=O) groups is 1. The number of benzene rings is 3. The van der Waals surface area contributed by atoms with E-state index in [1.807, 2.05) is 48.5 Å². The van der Waals surface area contributed by atoms with E-state index < -0.39 is 6.09 Å². The lowest BCUT2D eigenvalue weighted by atomic mass is 9.97. The van der Waals surface area contributed by atoms with Gasteiger partial charge in [-0.3, -0.25) is 5.32 Å². The van der Waals surface area contributed by atoms with Crippen molar-refractivity contribution in [3.05, 3.63) is 89.5 Å². The standard InChI is InChI=1S/C25H23NO3/c27-16-25(13-14-25)17-9-11-18(12-10-17)26-24(28)29-15-23-21-7-3-1-5-19(21)20-6-2-4-8-22(20)23/h1-12,23,27H,13-16H2,(H,26,28). The van der Waals surface area contributed by atoms with E-state index in [2.05, 4.69) is 29.6 Å². The Kier molecular flexibility index (Phi) is 4.36. The largest absolute Gasteiger partial charge is 0.448 e. The number of nitrogens with one attached hydrogen (secondary N) is 1. The quantitative estimate of drug-likeness (QED) is 0.645. The Balaban J connectivity index is 1.26. The van der Waals surface area contributed by atoms with Crippen LogP contribution in [0.3, 0.4) is 0 Å². The van der Waals surface area contributed by atoms with E-state index in [0.717, 1.165) is 18.4 Å². The first-order valence-electron chi connectivity index (χ1n) is 10.0. The van der Waals surface area contributed by atoms with E-state index in [0.29, 0.717) is 12.3 Å². The maximum absolute atomic E-state index is 12.4. The third-order valence-corrected chi connectivity index (χ3v) is 6.24. The monoisotopic (exact) mass is 385 g/mol. The van der Waals surface area contributed by atoms with Gasteiger partial charge in [-0.2, -0.15) is 0 Å². The number of anilines is 1. The average molecular weight is 385 g/mol. The first kappa shape index (κ1) is 18.0. The third-order valence-electron chi connectivity index (χ3n) is 6.24. The molecular formula is C25H23NO3. The summed E-state index contributed by atoms with van der Waals surface area (Å²) in [5.74, 6) is 0.0507. The fourth-order valence-corrected chi connectivity index (χ4v) is 4.35. The fraction of sp³-hybridized carbons (Fsp3) is 0.240. The van der Waals surface area contributed by atoms with Crippen molar-refractivity contribution in [3.8, 4) is 11.1 Å². The topological polar surface area (TPSA) is 58.6 Å². The summed E-state index contributed by atoms with van der Waals surface area (Å²) >= 11 is 0. The highest BCUT2D eigenvalue weighted by Gasteiger charge is 2.43. The Hall–Kier alpha value is -3.11. The minimum absolute atomic E-state index is 0.0507. The van der Waals surface area contributed by atoms with Gasteiger partial charge >= 0.3 is 6.09 Å². The van der Waals surface area contributed by atoms with Gasteiger partial charge in [0.25, 0.3) is 0 Å². The smallest absolute Gasteiger partial charge is 0.411 e. The molecule has 0 heterocycles. The van der Waals surface area contributed by atoms with Gasteiger partial charge < -0.3 is 9.84 Å². The molecule has 2 N–H and O–H groups in total. The van der Waals surface area contributed by atoms with Crippen LogP contribution >= 0.6 is 0 Å². The maximum Gasteiger partial charge on any atom is 0.411 e. The zero-order chi connectivity index (χ0) is 19.8.